The summed E-state index contributed by atoms with van der Waals surface area (Å²) in [4.78, 5) is 25.4. The minimum absolute atomic E-state index is 0.192. The van der Waals surface area contributed by atoms with E-state index in [2.05, 4.69) is 24.4 Å². The van der Waals surface area contributed by atoms with Crippen molar-refractivity contribution in [1.29, 1.82) is 0 Å². The number of allylic oxidation sites excluding steroid dienone is 6. The molecule has 1 aromatic heterocycles. The summed E-state index contributed by atoms with van der Waals surface area (Å²) in [5.74, 6) is 0.112. The number of anilines is 1. The fraction of sp³-hybridized carbons (Fsp3) is 0.280. The highest BCUT2D eigenvalue weighted by Crippen LogP contribution is 2.35. The van der Waals surface area contributed by atoms with Gasteiger partial charge in [-0.1, -0.05) is 48.9 Å². The zero-order valence-electron chi connectivity index (χ0n) is 18.1. The maximum Gasteiger partial charge on any atom is 0.341 e. The second kappa shape index (κ2) is 10.8. The van der Waals surface area contributed by atoms with Gasteiger partial charge in [0.15, 0.2) is 0 Å². The van der Waals surface area contributed by atoms with Crippen molar-refractivity contribution in [1.82, 2.24) is 0 Å². The fourth-order valence-electron chi connectivity index (χ4n) is 3.28. The maximum atomic E-state index is 12.8. The number of amides is 1. The minimum Gasteiger partial charge on any atom is -0.497 e. The molecule has 0 atom stereocenters. The molecule has 0 bridgehead atoms. The zero-order chi connectivity index (χ0) is 22.2. The highest BCUT2D eigenvalue weighted by molar-refractivity contribution is 7.15. The van der Waals surface area contributed by atoms with Crippen LogP contribution in [0.5, 0.6) is 5.75 Å². The van der Waals surface area contributed by atoms with E-state index in [0.717, 1.165) is 35.3 Å². The third-order valence-corrected chi connectivity index (χ3v) is 5.88. The van der Waals surface area contributed by atoms with E-state index in [1.165, 1.54) is 16.9 Å². The standard InChI is InChI=1S/C25H27NO4S/c1-4-17-7-6-8-19(12-9-17)21-16-31-24(23(21)25(28)30-5-2)26-22(27)15-18-10-13-20(29-3)14-11-18/h6,8-14,16H,4-5,7,15H2,1-3H3,(H,26,27). The van der Waals surface area contributed by atoms with Gasteiger partial charge < -0.3 is 14.8 Å². The molecule has 1 amide bonds. The SMILES string of the molecule is CCOC(=O)c1c(C2=CC=C(CC)CC=C2)csc1NC(=O)Cc1ccc(OC)cc1. The summed E-state index contributed by atoms with van der Waals surface area (Å²) in [6.45, 7) is 4.17. The minimum atomic E-state index is -0.434. The first kappa shape index (κ1) is 22.6. The van der Waals surface area contributed by atoms with Gasteiger partial charge >= 0.3 is 5.97 Å². The third-order valence-electron chi connectivity index (χ3n) is 4.99. The largest absolute Gasteiger partial charge is 0.497 e. The molecule has 1 heterocycles. The Morgan fingerprint density at radius 2 is 1.90 bits per heavy atom. The number of thiophene rings is 1. The first-order valence-corrected chi connectivity index (χ1v) is 11.2. The van der Waals surface area contributed by atoms with E-state index in [9.17, 15) is 9.59 Å². The van der Waals surface area contributed by atoms with Crippen LogP contribution in [0.15, 0.2) is 59.5 Å². The molecule has 1 aliphatic carbocycles. The summed E-state index contributed by atoms with van der Waals surface area (Å²) in [6, 6.07) is 7.34. The second-order valence-electron chi connectivity index (χ2n) is 7.05. The van der Waals surface area contributed by atoms with Gasteiger partial charge in [-0.05, 0) is 43.0 Å². The number of carbonyl (C=O) groups is 2. The van der Waals surface area contributed by atoms with Crippen molar-refractivity contribution in [2.75, 3.05) is 19.0 Å². The summed E-state index contributed by atoms with van der Waals surface area (Å²) in [7, 11) is 1.60. The number of ether oxygens (including phenoxy) is 2. The molecule has 0 fully saturated rings. The molecule has 3 rings (SSSR count). The third kappa shape index (κ3) is 5.73. The molecule has 1 N–H and O–H groups in total. The Hall–Kier alpha value is -3.12. The van der Waals surface area contributed by atoms with Gasteiger partial charge in [0.2, 0.25) is 5.91 Å². The number of nitrogens with one attached hydrogen (secondary N) is 1. The molecular formula is C25H27NO4S. The quantitative estimate of drug-likeness (QED) is 0.531. The number of hydrogen-bond acceptors (Lipinski definition) is 5. The van der Waals surface area contributed by atoms with Gasteiger partial charge in [-0.3, -0.25) is 4.79 Å². The predicted molar refractivity (Wildman–Crippen MR) is 126 cm³/mol. The summed E-state index contributed by atoms with van der Waals surface area (Å²) in [5, 5.41) is 5.31. The van der Waals surface area contributed by atoms with Crippen molar-refractivity contribution in [2.24, 2.45) is 0 Å². The van der Waals surface area contributed by atoms with Crippen molar-refractivity contribution in [3.8, 4) is 5.75 Å². The predicted octanol–water partition coefficient (Wildman–Crippen LogP) is 5.79. The van der Waals surface area contributed by atoms with Crippen molar-refractivity contribution in [3.63, 3.8) is 0 Å². The molecule has 2 aromatic rings. The fourth-order valence-corrected chi connectivity index (χ4v) is 4.25. The lowest BCUT2D eigenvalue weighted by Gasteiger charge is -2.09. The van der Waals surface area contributed by atoms with E-state index in [1.54, 1.807) is 14.0 Å². The molecule has 1 aromatic carbocycles. The average Bonchev–Trinajstić information content (AvgIpc) is 3.02. The van der Waals surface area contributed by atoms with Crippen LogP contribution in [-0.4, -0.2) is 25.6 Å². The Labute approximate surface area is 187 Å². The van der Waals surface area contributed by atoms with E-state index in [-0.39, 0.29) is 18.9 Å². The Kier molecular flexibility index (Phi) is 7.84. The van der Waals surface area contributed by atoms with E-state index >= 15 is 0 Å². The summed E-state index contributed by atoms with van der Waals surface area (Å²) >= 11 is 1.33. The Morgan fingerprint density at radius 3 is 2.58 bits per heavy atom. The van der Waals surface area contributed by atoms with E-state index in [1.807, 2.05) is 41.8 Å². The lowest BCUT2D eigenvalue weighted by molar-refractivity contribution is -0.115. The highest BCUT2D eigenvalue weighted by atomic mass is 32.1. The highest BCUT2D eigenvalue weighted by Gasteiger charge is 2.23. The van der Waals surface area contributed by atoms with E-state index in [4.69, 9.17) is 9.47 Å². The van der Waals surface area contributed by atoms with Crippen molar-refractivity contribution in [3.05, 3.63) is 76.2 Å². The first-order valence-electron chi connectivity index (χ1n) is 10.3. The van der Waals surface area contributed by atoms with Gasteiger partial charge in [-0.2, -0.15) is 0 Å². The van der Waals surface area contributed by atoms with Crippen molar-refractivity contribution >= 4 is 33.8 Å². The van der Waals surface area contributed by atoms with Crippen LogP contribution in [0.25, 0.3) is 5.57 Å². The van der Waals surface area contributed by atoms with Crippen LogP contribution in [0.2, 0.25) is 0 Å². The van der Waals surface area contributed by atoms with Gasteiger partial charge in [-0.25, -0.2) is 4.79 Å². The van der Waals surface area contributed by atoms with Crippen LogP contribution in [0.1, 0.15) is 48.2 Å². The Morgan fingerprint density at radius 1 is 1.13 bits per heavy atom. The van der Waals surface area contributed by atoms with Gasteiger partial charge in [0, 0.05) is 10.9 Å². The monoisotopic (exact) mass is 437 g/mol. The number of esters is 1. The van der Waals surface area contributed by atoms with Crippen LogP contribution < -0.4 is 10.1 Å². The Balaban J connectivity index is 1.86. The normalized spacial score (nSPS) is 13.1. The van der Waals surface area contributed by atoms with E-state index < -0.39 is 5.97 Å². The Bertz CT molecular complexity index is 1030. The molecule has 0 unspecified atom stereocenters. The molecular weight excluding hydrogens is 410 g/mol. The lowest BCUT2D eigenvalue weighted by atomic mass is 10.0. The number of methoxy groups -OCH3 is 1. The molecule has 0 aliphatic heterocycles. The van der Waals surface area contributed by atoms with Crippen LogP contribution in [0.4, 0.5) is 5.00 Å². The molecule has 6 heteroatoms. The topological polar surface area (TPSA) is 64.6 Å². The zero-order valence-corrected chi connectivity index (χ0v) is 18.9. The van der Waals surface area contributed by atoms with Gasteiger partial charge in [0.1, 0.15) is 16.3 Å². The molecule has 0 spiro atoms. The van der Waals surface area contributed by atoms with Crippen LogP contribution in [-0.2, 0) is 16.0 Å². The molecule has 5 nitrogen and oxygen atoms in total. The van der Waals surface area contributed by atoms with Gasteiger partial charge in [0.25, 0.3) is 0 Å². The summed E-state index contributed by atoms with van der Waals surface area (Å²) < 4.78 is 10.4. The second-order valence-corrected chi connectivity index (χ2v) is 7.93. The smallest absolute Gasteiger partial charge is 0.341 e. The maximum absolute atomic E-state index is 12.8. The molecule has 0 saturated carbocycles. The van der Waals surface area contributed by atoms with Gasteiger partial charge in [0.05, 0.1) is 20.1 Å². The summed E-state index contributed by atoms with van der Waals surface area (Å²) in [6.07, 6.45) is 10.3. The molecule has 0 saturated heterocycles. The van der Waals surface area contributed by atoms with Gasteiger partial charge in [-0.15, -0.1) is 11.3 Å². The number of carbonyl (C=O) groups excluding carboxylic acids is 2. The van der Waals surface area contributed by atoms with Crippen LogP contribution >= 0.6 is 11.3 Å². The number of hydrogen-bond donors (Lipinski definition) is 1. The van der Waals surface area contributed by atoms with E-state index in [0.29, 0.717) is 10.6 Å². The number of rotatable bonds is 8. The number of benzene rings is 1. The lowest BCUT2D eigenvalue weighted by Crippen LogP contribution is -2.16. The van der Waals surface area contributed by atoms with Crippen LogP contribution in [0, 0.1) is 0 Å². The first-order chi connectivity index (χ1) is 15.0. The van der Waals surface area contributed by atoms with Crippen LogP contribution in [0.3, 0.4) is 0 Å². The van der Waals surface area contributed by atoms with Crippen molar-refractivity contribution < 1.29 is 19.1 Å². The average molecular weight is 438 g/mol. The van der Waals surface area contributed by atoms with Crippen molar-refractivity contribution in [2.45, 2.75) is 33.1 Å². The molecule has 0 radical (unpaired) electrons. The molecule has 1 aliphatic rings. The summed E-state index contributed by atoms with van der Waals surface area (Å²) in [5.41, 5.74) is 4.29. The molecule has 162 valence electrons. The molecule has 31 heavy (non-hydrogen) atoms.